The number of likely N-dealkylation sites (tertiary alicyclic amines) is 1. The standard InChI is InChI=1S/C8H17NO/c1-2-10-8-4-7-9-5-3-6-9/h2-8H2,1H3. The minimum atomic E-state index is 0.861. The summed E-state index contributed by atoms with van der Waals surface area (Å²) >= 11 is 0. The first-order valence-electron chi connectivity index (χ1n) is 4.23. The maximum absolute atomic E-state index is 5.23. The summed E-state index contributed by atoms with van der Waals surface area (Å²) in [6, 6.07) is 0. The molecule has 1 saturated heterocycles. The van der Waals surface area contributed by atoms with E-state index in [0.717, 1.165) is 13.2 Å². The fourth-order valence-corrected chi connectivity index (χ4v) is 1.14. The minimum Gasteiger partial charge on any atom is -0.382 e. The average Bonchev–Trinajstić information content (AvgIpc) is 1.84. The van der Waals surface area contributed by atoms with Crippen LogP contribution in [0.2, 0.25) is 0 Å². The summed E-state index contributed by atoms with van der Waals surface area (Å²) in [6.45, 7) is 7.70. The Balaban J connectivity index is 1.76. The summed E-state index contributed by atoms with van der Waals surface area (Å²) in [5.41, 5.74) is 0. The van der Waals surface area contributed by atoms with Crippen molar-refractivity contribution in [3.8, 4) is 0 Å². The maximum Gasteiger partial charge on any atom is 0.0478 e. The molecule has 0 bridgehead atoms. The number of hydrogen-bond acceptors (Lipinski definition) is 2. The molecule has 0 radical (unpaired) electrons. The van der Waals surface area contributed by atoms with Crippen LogP contribution in [0.25, 0.3) is 0 Å². The summed E-state index contributed by atoms with van der Waals surface area (Å²) in [5, 5.41) is 0. The van der Waals surface area contributed by atoms with Crippen molar-refractivity contribution in [2.24, 2.45) is 0 Å². The minimum absolute atomic E-state index is 0.861. The van der Waals surface area contributed by atoms with E-state index in [1.165, 1.54) is 32.5 Å². The van der Waals surface area contributed by atoms with Gasteiger partial charge < -0.3 is 9.64 Å². The second-order valence-corrected chi connectivity index (χ2v) is 2.75. The molecular weight excluding hydrogens is 126 g/mol. The van der Waals surface area contributed by atoms with Crippen LogP contribution in [0, 0.1) is 0 Å². The van der Waals surface area contributed by atoms with Gasteiger partial charge in [-0.15, -0.1) is 0 Å². The molecule has 0 aliphatic carbocycles. The zero-order valence-electron chi connectivity index (χ0n) is 6.81. The summed E-state index contributed by atoms with van der Waals surface area (Å²) in [7, 11) is 0. The van der Waals surface area contributed by atoms with Crippen molar-refractivity contribution < 1.29 is 4.74 Å². The van der Waals surface area contributed by atoms with E-state index in [2.05, 4.69) is 4.90 Å². The molecule has 1 rings (SSSR count). The van der Waals surface area contributed by atoms with E-state index < -0.39 is 0 Å². The highest BCUT2D eigenvalue weighted by atomic mass is 16.5. The summed E-state index contributed by atoms with van der Waals surface area (Å²) in [4.78, 5) is 2.47. The fourth-order valence-electron chi connectivity index (χ4n) is 1.14. The Morgan fingerprint density at radius 1 is 1.40 bits per heavy atom. The number of hydrogen-bond donors (Lipinski definition) is 0. The molecule has 0 N–H and O–H groups in total. The third-order valence-electron chi connectivity index (χ3n) is 1.92. The highest BCUT2D eigenvalue weighted by Crippen LogP contribution is 2.05. The van der Waals surface area contributed by atoms with Gasteiger partial charge in [-0.3, -0.25) is 0 Å². The largest absolute Gasteiger partial charge is 0.382 e. The van der Waals surface area contributed by atoms with Crippen molar-refractivity contribution in [1.29, 1.82) is 0 Å². The quantitative estimate of drug-likeness (QED) is 0.535. The lowest BCUT2D eigenvalue weighted by Gasteiger charge is -2.30. The van der Waals surface area contributed by atoms with Crippen LogP contribution in [0.1, 0.15) is 19.8 Å². The Morgan fingerprint density at radius 2 is 2.20 bits per heavy atom. The molecule has 2 heteroatoms. The zero-order valence-corrected chi connectivity index (χ0v) is 6.81. The van der Waals surface area contributed by atoms with Crippen molar-refractivity contribution in [2.45, 2.75) is 19.8 Å². The van der Waals surface area contributed by atoms with Crippen molar-refractivity contribution in [3.05, 3.63) is 0 Å². The van der Waals surface area contributed by atoms with E-state index >= 15 is 0 Å². The van der Waals surface area contributed by atoms with Crippen LogP contribution in [-0.4, -0.2) is 37.7 Å². The van der Waals surface area contributed by atoms with Crippen LogP contribution in [0.5, 0.6) is 0 Å². The van der Waals surface area contributed by atoms with Crippen LogP contribution >= 0.6 is 0 Å². The van der Waals surface area contributed by atoms with Crippen LogP contribution < -0.4 is 0 Å². The van der Waals surface area contributed by atoms with E-state index in [4.69, 9.17) is 4.74 Å². The Bertz CT molecular complexity index is 81.3. The van der Waals surface area contributed by atoms with Crippen molar-refractivity contribution in [3.63, 3.8) is 0 Å². The lowest BCUT2D eigenvalue weighted by Crippen LogP contribution is -2.38. The van der Waals surface area contributed by atoms with Gasteiger partial charge in [0.1, 0.15) is 0 Å². The highest BCUT2D eigenvalue weighted by molar-refractivity contribution is 4.67. The molecule has 0 spiro atoms. The first-order chi connectivity index (χ1) is 4.93. The van der Waals surface area contributed by atoms with E-state index in [1.54, 1.807) is 0 Å². The number of rotatable bonds is 5. The molecule has 60 valence electrons. The predicted octanol–water partition coefficient (Wildman–Crippen LogP) is 1.12. The molecule has 2 nitrogen and oxygen atoms in total. The number of nitrogens with zero attached hydrogens (tertiary/aromatic N) is 1. The molecule has 0 aromatic carbocycles. The van der Waals surface area contributed by atoms with Gasteiger partial charge in [0.25, 0.3) is 0 Å². The van der Waals surface area contributed by atoms with Gasteiger partial charge in [0.15, 0.2) is 0 Å². The Kier molecular flexibility index (Phi) is 3.76. The third-order valence-corrected chi connectivity index (χ3v) is 1.92. The second kappa shape index (κ2) is 4.69. The van der Waals surface area contributed by atoms with Gasteiger partial charge in [0.05, 0.1) is 0 Å². The van der Waals surface area contributed by atoms with Crippen LogP contribution in [0.3, 0.4) is 0 Å². The second-order valence-electron chi connectivity index (χ2n) is 2.75. The van der Waals surface area contributed by atoms with Gasteiger partial charge in [0, 0.05) is 19.8 Å². The summed E-state index contributed by atoms with van der Waals surface area (Å²) in [6.07, 6.45) is 2.60. The SMILES string of the molecule is CCOCCCN1CCC1. The molecule has 1 aliphatic heterocycles. The van der Waals surface area contributed by atoms with Gasteiger partial charge in [-0.05, 0) is 32.9 Å². The van der Waals surface area contributed by atoms with Crippen molar-refractivity contribution in [2.75, 3.05) is 32.8 Å². The van der Waals surface area contributed by atoms with E-state index in [0.29, 0.717) is 0 Å². The molecule has 1 heterocycles. The Hall–Kier alpha value is -0.0800. The van der Waals surface area contributed by atoms with Crippen molar-refractivity contribution >= 4 is 0 Å². The van der Waals surface area contributed by atoms with E-state index in [1.807, 2.05) is 6.92 Å². The van der Waals surface area contributed by atoms with Crippen LogP contribution in [-0.2, 0) is 4.74 Å². The summed E-state index contributed by atoms with van der Waals surface area (Å²) in [5.74, 6) is 0. The van der Waals surface area contributed by atoms with Crippen molar-refractivity contribution in [1.82, 2.24) is 4.90 Å². The van der Waals surface area contributed by atoms with Gasteiger partial charge in [-0.25, -0.2) is 0 Å². The molecule has 0 atom stereocenters. The molecule has 0 saturated carbocycles. The zero-order chi connectivity index (χ0) is 7.23. The molecule has 10 heavy (non-hydrogen) atoms. The molecule has 1 aliphatic rings. The fraction of sp³-hybridized carbons (Fsp3) is 1.00. The average molecular weight is 143 g/mol. The predicted molar refractivity (Wildman–Crippen MR) is 42.2 cm³/mol. The van der Waals surface area contributed by atoms with E-state index in [-0.39, 0.29) is 0 Å². The first-order valence-corrected chi connectivity index (χ1v) is 4.23. The van der Waals surface area contributed by atoms with Crippen LogP contribution in [0.15, 0.2) is 0 Å². The molecular formula is C8H17NO. The van der Waals surface area contributed by atoms with Gasteiger partial charge >= 0.3 is 0 Å². The van der Waals surface area contributed by atoms with Crippen LogP contribution in [0.4, 0.5) is 0 Å². The maximum atomic E-state index is 5.23. The Morgan fingerprint density at radius 3 is 2.70 bits per heavy atom. The van der Waals surface area contributed by atoms with Gasteiger partial charge in [-0.1, -0.05) is 0 Å². The lowest BCUT2D eigenvalue weighted by molar-refractivity contribution is 0.115. The first kappa shape index (κ1) is 8.02. The molecule has 0 aromatic heterocycles. The number of ether oxygens (including phenoxy) is 1. The third kappa shape index (κ3) is 2.67. The molecule has 0 unspecified atom stereocenters. The molecule has 0 aromatic rings. The monoisotopic (exact) mass is 143 g/mol. The highest BCUT2D eigenvalue weighted by Gasteiger charge is 2.11. The van der Waals surface area contributed by atoms with E-state index in [9.17, 15) is 0 Å². The lowest BCUT2D eigenvalue weighted by atomic mass is 10.2. The smallest absolute Gasteiger partial charge is 0.0478 e. The Labute approximate surface area is 63.2 Å². The topological polar surface area (TPSA) is 12.5 Å². The molecule has 0 amide bonds. The van der Waals surface area contributed by atoms with Gasteiger partial charge in [-0.2, -0.15) is 0 Å². The van der Waals surface area contributed by atoms with Gasteiger partial charge in [0.2, 0.25) is 0 Å². The summed E-state index contributed by atoms with van der Waals surface area (Å²) < 4.78 is 5.23. The normalized spacial score (nSPS) is 18.9. The molecule has 1 fully saturated rings.